The van der Waals surface area contributed by atoms with Crippen molar-refractivity contribution in [2.24, 2.45) is 5.14 Å². The van der Waals surface area contributed by atoms with Crippen LogP contribution in [0.4, 0.5) is 11.6 Å². The van der Waals surface area contributed by atoms with E-state index < -0.39 is 10.0 Å². The maximum atomic E-state index is 11.3. The smallest absolute Gasteiger partial charge is 0.238 e. The van der Waals surface area contributed by atoms with Crippen molar-refractivity contribution in [3.05, 3.63) is 36.5 Å². The third-order valence-corrected chi connectivity index (χ3v) is 4.85. The minimum atomic E-state index is -3.66. The molecule has 0 atom stereocenters. The fourth-order valence-corrected chi connectivity index (χ4v) is 3.13. The van der Waals surface area contributed by atoms with Crippen molar-refractivity contribution in [3.63, 3.8) is 0 Å². The molecule has 0 saturated carbocycles. The van der Waals surface area contributed by atoms with E-state index in [9.17, 15) is 8.42 Å². The Morgan fingerprint density at radius 1 is 1.04 bits per heavy atom. The fourth-order valence-electron chi connectivity index (χ4n) is 2.61. The lowest BCUT2D eigenvalue weighted by atomic mass is 10.2. The molecular formula is C15H19N5O3S. The van der Waals surface area contributed by atoms with Gasteiger partial charge in [-0.3, -0.25) is 0 Å². The number of aromatic nitrogens is 2. The maximum Gasteiger partial charge on any atom is 0.238 e. The van der Waals surface area contributed by atoms with E-state index in [1.54, 1.807) is 31.5 Å². The molecule has 128 valence electrons. The summed E-state index contributed by atoms with van der Waals surface area (Å²) in [7, 11) is -2.08. The molecule has 1 saturated heterocycles. The Labute approximate surface area is 140 Å². The first kappa shape index (κ1) is 16.5. The second kappa shape index (κ2) is 6.62. The van der Waals surface area contributed by atoms with Crippen LogP contribution in [-0.4, -0.2) is 51.7 Å². The molecule has 24 heavy (non-hydrogen) atoms. The van der Waals surface area contributed by atoms with E-state index in [-0.39, 0.29) is 4.90 Å². The highest BCUT2D eigenvalue weighted by atomic mass is 32.2. The van der Waals surface area contributed by atoms with Crippen LogP contribution >= 0.6 is 0 Å². The summed E-state index contributed by atoms with van der Waals surface area (Å²) in [5.74, 6) is 1.19. The van der Waals surface area contributed by atoms with Crippen molar-refractivity contribution < 1.29 is 13.2 Å². The number of piperazine rings is 1. The number of hydrogen-bond donors (Lipinski definition) is 1. The van der Waals surface area contributed by atoms with Gasteiger partial charge in [0.2, 0.25) is 21.9 Å². The number of methoxy groups -OCH3 is 1. The average Bonchev–Trinajstić information content (AvgIpc) is 2.61. The molecule has 2 N–H and O–H groups in total. The molecule has 0 radical (unpaired) electrons. The van der Waals surface area contributed by atoms with Crippen LogP contribution in [0, 0.1) is 0 Å². The molecule has 0 bridgehead atoms. The maximum absolute atomic E-state index is 11.3. The van der Waals surface area contributed by atoms with E-state index in [2.05, 4.69) is 19.8 Å². The summed E-state index contributed by atoms with van der Waals surface area (Å²) in [4.78, 5) is 13.0. The standard InChI is InChI=1S/C15H19N5O3S/c1-23-14-6-7-17-15(18-14)20-10-8-19(9-11-20)12-2-4-13(5-3-12)24(16,21)22/h2-7H,8-11H2,1H3,(H2,16,21,22). The average molecular weight is 349 g/mol. The van der Waals surface area contributed by atoms with Crippen LogP contribution in [0.1, 0.15) is 0 Å². The molecule has 1 aromatic carbocycles. The highest BCUT2D eigenvalue weighted by Crippen LogP contribution is 2.21. The monoisotopic (exact) mass is 349 g/mol. The molecule has 0 amide bonds. The van der Waals surface area contributed by atoms with Gasteiger partial charge in [-0.1, -0.05) is 0 Å². The molecule has 9 heteroatoms. The van der Waals surface area contributed by atoms with Crippen LogP contribution in [0.15, 0.2) is 41.4 Å². The van der Waals surface area contributed by atoms with Gasteiger partial charge in [-0.2, -0.15) is 4.98 Å². The molecule has 1 fully saturated rings. The Hall–Kier alpha value is -2.39. The van der Waals surface area contributed by atoms with E-state index >= 15 is 0 Å². The van der Waals surface area contributed by atoms with Crippen LogP contribution in [-0.2, 0) is 10.0 Å². The summed E-state index contributed by atoms with van der Waals surface area (Å²) in [5, 5.41) is 5.12. The number of sulfonamides is 1. The predicted octanol–water partition coefficient (Wildman–Crippen LogP) is 0.459. The summed E-state index contributed by atoms with van der Waals surface area (Å²) >= 11 is 0. The Balaban J connectivity index is 1.66. The summed E-state index contributed by atoms with van der Waals surface area (Å²) in [5.41, 5.74) is 0.966. The highest BCUT2D eigenvalue weighted by Gasteiger charge is 2.20. The molecule has 1 aromatic heterocycles. The first-order valence-electron chi connectivity index (χ1n) is 7.47. The quantitative estimate of drug-likeness (QED) is 0.855. The molecule has 2 heterocycles. The lowest BCUT2D eigenvalue weighted by Gasteiger charge is -2.36. The number of nitrogens with two attached hydrogens (primary N) is 1. The molecule has 3 rings (SSSR count). The Morgan fingerprint density at radius 2 is 1.67 bits per heavy atom. The largest absolute Gasteiger partial charge is 0.481 e. The highest BCUT2D eigenvalue weighted by molar-refractivity contribution is 7.89. The third kappa shape index (κ3) is 3.57. The molecule has 0 aliphatic carbocycles. The van der Waals surface area contributed by atoms with Crippen molar-refractivity contribution in [1.82, 2.24) is 9.97 Å². The van der Waals surface area contributed by atoms with Crippen molar-refractivity contribution in [2.45, 2.75) is 4.90 Å². The van der Waals surface area contributed by atoms with Gasteiger partial charge < -0.3 is 14.5 Å². The summed E-state index contributed by atoms with van der Waals surface area (Å²) in [6.45, 7) is 3.11. The van der Waals surface area contributed by atoms with Crippen molar-refractivity contribution in [3.8, 4) is 5.88 Å². The first-order valence-corrected chi connectivity index (χ1v) is 9.02. The van der Waals surface area contributed by atoms with Crippen LogP contribution in [0.2, 0.25) is 0 Å². The van der Waals surface area contributed by atoms with E-state index in [1.807, 2.05) is 0 Å². The van der Waals surface area contributed by atoms with Gasteiger partial charge in [-0.05, 0) is 24.3 Å². The van der Waals surface area contributed by atoms with Gasteiger partial charge in [-0.25, -0.2) is 18.5 Å². The number of anilines is 2. The second-order valence-corrected chi connectivity index (χ2v) is 6.97. The molecular weight excluding hydrogens is 330 g/mol. The van der Waals surface area contributed by atoms with Crippen LogP contribution in [0.3, 0.4) is 0 Å². The van der Waals surface area contributed by atoms with Gasteiger partial charge in [0.05, 0.1) is 12.0 Å². The molecule has 8 nitrogen and oxygen atoms in total. The Bertz CT molecular complexity index is 802. The Kier molecular flexibility index (Phi) is 4.54. The zero-order chi connectivity index (χ0) is 17.2. The van der Waals surface area contributed by atoms with Gasteiger partial charge in [0, 0.05) is 44.1 Å². The van der Waals surface area contributed by atoms with E-state index in [0.29, 0.717) is 11.8 Å². The minimum absolute atomic E-state index is 0.120. The van der Waals surface area contributed by atoms with Gasteiger partial charge in [-0.15, -0.1) is 0 Å². The lowest BCUT2D eigenvalue weighted by Crippen LogP contribution is -2.47. The molecule has 0 unspecified atom stereocenters. The number of nitrogens with zero attached hydrogens (tertiary/aromatic N) is 4. The fraction of sp³-hybridized carbons (Fsp3) is 0.333. The van der Waals surface area contributed by atoms with Gasteiger partial charge in [0.25, 0.3) is 0 Å². The van der Waals surface area contributed by atoms with Crippen molar-refractivity contribution >= 4 is 21.7 Å². The van der Waals surface area contributed by atoms with Crippen molar-refractivity contribution in [2.75, 3.05) is 43.1 Å². The number of benzene rings is 1. The summed E-state index contributed by atoms with van der Waals surface area (Å²) in [6, 6.07) is 8.33. The number of primary sulfonamides is 1. The zero-order valence-electron chi connectivity index (χ0n) is 13.3. The topological polar surface area (TPSA) is 102 Å². The van der Waals surface area contributed by atoms with E-state index in [0.717, 1.165) is 31.9 Å². The molecule has 1 aliphatic heterocycles. The first-order chi connectivity index (χ1) is 11.5. The molecule has 2 aromatic rings. The number of rotatable bonds is 4. The van der Waals surface area contributed by atoms with Crippen LogP contribution in [0.5, 0.6) is 5.88 Å². The van der Waals surface area contributed by atoms with Crippen LogP contribution < -0.4 is 19.7 Å². The third-order valence-electron chi connectivity index (χ3n) is 3.92. The number of ether oxygens (including phenoxy) is 1. The normalized spacial score (nSPS) is 15.4. The van der Waals surface area contributed by atoms with E-state index in [4.69, 9.17) is 9.88 Å². The Morgan fingerprint density at radius 3 is 2.25 bits per heavy atom. The van der Waals surface area contributed by atoms with Gasteiger partial charge in [0.1, 0.15) is 0 Å². The summed E-state index contributed by atoms with van der Waals surface area (Å²) < 4.78 is 27.7. The van der Waals surface area contributed by atoms with Gasteiger partial charge in [0.15, 0.2) is 0 Å². The SMILES string of the molecule is COc1ccnc(N2CCN(c3ccc(S(N)(=O)=O)cc3)CC2)n1. The molecule has 1 aliphatic rings. The van der Waals surface area contributed by atoms with Gasteiger partial charge >= 0.3 is 0 Å². The number of hydrogen-bond acceptors (Lipinski definition) is 7. The van der Waals surface area contributed by atoms with E-state index in [1.165, 1.54) is 12.1 Å². The zero-order valence-corrected chi connectivity index (χ0v) is 14.1. The second-order valence-electron chi connectivity index (χ2n) is 5.41. The van der Waals surface area contributed by atoms with Crippen molar-refractivity contribution in [1.29, 1.82) is 0 Å². The lowest BCUT2D eigenvalue weighted by molar-refractivity contribution is 0.396. The molecule has 0 spiro atoms. The van der Waals surface area contributed by atoms with Crippen LogP contribution in [0.25, 0.3) is 0 Å². The minimum Gasteiger partial charge on any atom is -0.481 e. The summed E-state index contributed by atoms with van der Waals surface area (Å²) in [6.07, 6.45) is 1.68. The predicted molar refractivity (Wildman–Crippen MR) is 90.8 cm³/mol.